The quantitative estimate of drug-likeness (QED) is 0.791. The summed E-state index contributed by atoms with van der Waals surface area (Å²) in [5.74, 6) is 0.205. The molecule has 6 heteroatoms. The van der Waals surface area contributed by atoms with Crippen molar-refractivity contribution in [2.75, 3.05) is 12.4 Å². The van der Waals surface area contributed by atoms with Gasteiger partial charge < -0.3 is 10.4 Å². The number of benzene rings is 2. The average Bonchev–Trinajstić information content (AvgIpc) is 2.46. The number of aromatic hydroxyl groups is 1. The molecular formula is C15H18N2O3S. The Morgan fingerprint density at radius 2 is 1.90 bits per heavy atom. The van der Waals surface area contributed by atoms with Crippen LogP contribution in [0.5, 0.6) is 5.75 Å². The maximum absolute atomic E-state index is 11.9. The summed E-state index contributed by atoms with van der Waals surface area (Å²) in [6.45, 7) is 2.25. The van der Waals surface area contributed by atoms with E-state index in [9.17, 15) is 13.5 Å². The lowest BCUT2D eigenvalue weighted by molar-refractivity contribution is 0.474. The van der Waals surface area contributed by atoms with Crippen LogP contribution in [0.3, 0.4) is 0 Å². The third-order valence-corrected chi connectivity index (χ3v) is 4.71. The first-order valence-corrected chi connectivity index (χ1v) is 7.96. The van der Waals surface area contributed by atoms with E-state index < -0.39 is 10.0 Å². The molecule has 2 rings (SSSR count). The number of rotatable bonds is 5. The van der Waals surface area contributed by atoms with E-state index >= 15 is 0 Å². The van der Waals surface area contributed by atoms with Gasteiger partial charge in [0.25, 0.3) is 0 Å². The van der Waals surface area contributed by atoms with E-state index in [0.717, 1.165) is 5.56 Å². The second kappa shape index (κ2) is 6.15. The van der Waals surface area contributed by atoms with Crippen molar-refractivity contribution in [1.82, 2.24) is 4.72 Å². The fourth-order valence-electron chi connectivity index (χ4n) is 1.98. The highest BCUT2D eigenvalue weighted by Crippen LogP contribution is 2.21. The Kier molecular flexibility index (Phi) is 4.50. The minimum absolute atomic E-state index is 0.205. The summed E-state index contributed by atoms with van der Waals surface area (Å²) in [4.78, 5) is 0.255. The van der Waals surface area contributed by atoms with Gasteiger partial charge >= 0.3 is 0 Å². The number of hydrogen-bond donors (Lipinski definition) is 3. The van der Waals surface area contributed by atoms with Crippen molar-refractivity contribution in [1.29, 1.82) is 0 Å². The molecule has 2 aromatic carbocycles. The van der Waals surface area contributed by atoms with Crippen LogP contribution in [0.25, 0.3) is 0 Å². The van der Waals surface area contributed by atoms with Crippen LogP contribution in [0.2, 0.25) is 0 Å². The topological polar surface area (TPSA) is 78.4 Å². The van der Waals surface area contributed by atoms with E-state index in [1.165, 1.54) is 7.05 Å². The molecule has 0 unspecified atom stereocenters. The summed E-state index contributed by atoms with van der Waals surface area (Å²) >= 11 is 0. The number of nitrogens with one attached hydrogen (secondary N) is 2. The Morgan fingerprint density at radius 3 is 2.57 bits per heavy atom. The van der Waals surface area contributed by atoms with Crippen LogP contribution in [0.4, 0.5) is 5.69 Å². The van der Waals surface area contributed by atoms with Gasteiger partial charge in [0.05, 0.1) is 4.90 Å². The smallest absolute Gasteiger partial charge is 0.240 e. The zero-order valence-electron chi connectivity index (χ0n) is 11.9. The maximum atomic E-state index is 11.9. The highest BCUT2D eigenvalue weighted by molar-refractivity contribution is 7.89. The van der Waals surface area contributed by atoms with Crippen molar-refractivity contribution < 1.29 is 13.5 Å². The van der Waals surface area contributed by atoms with Gasteiger partial charge in [-0.05, 0) is 49.4 Å². The van der Waals surface area contributed by atoms with Crippen LogP contribution in [0, 0.1) is 6.92 Å². The molecule has 0 radical (unpaired) electrons. The van der Waals surface area contributed by atoms with Crippen LogP contribution >= 0.6 is 0 Å². The molecule has 0 heterocycles. The SMILES string of the molecule is CNS(=O)(=O)c1cc(NCc2cccc(O)c2)ccc1C. The Morgan fingerprint density at radius 1 is 1.14 bits per heavy atom. The van der Waals surface area contributed by atoms with Crippen LogP contribution < -0.4 is 10.0 Å². The van der Waals surface area contributed by atoms with Gasteiger partial charge in [-0.15, -0.1) is 0 Å². The number of anilines is 1. The molecule has 0 bridgehead atoms. The molecule has 0 aliphatic heterocycles. The molecule has 0 atom stereocenters. The molecule has 0 fully saturated rings. The summed E-state index contributed by atoms with van der Waals surface area (Å²) in [6, 6.07) is 12.1. The fraction of sp³-hybridized carbons (Fsp3) is 0.200. The average molecular weight is 306 g/mol. The van der Waals surface area contributed by atoms with E-state index in [1.807, 2.05) is 12.1 Å². The second-order valence-corrected chi connectivity index (χ2v) is 6.57. The zero-order chi connectivity index (χ0) is 15.5. The Hall–Kier alpha value is -2.05. The predicted molar refractivity (Wildman–Crippen MR) is 82.9 cm³/mol. The summed E-state index contributed by atoms with van der Waals surface area (Å²) in [5.41, 5.74) is 2.30. The molecule has 3 N–H and O–H groups in total. The van der Waals surface area contributed by atoms with E-state index in [0.29, 0.717) is 17.8 Å². The van der Waals surface area contributed by atoms with Crippen molar-refractivity contribution in [3.8, 4) is 5.75 Å². The molecule has 0 saturated carbocycles. The highest BCUT2D eigenvalue weighted by atomic mass is 32.2. The van der Waals surface area contributed by atoms with Crippen LogP contribution in [0.15, 0.2) is 47.4 Å². The number of phenolic OH excluding ortho intramolecular Hbond substituents is 1. The summed E-state index contributed by atoms with van der Waals surface area (Å²) < 4.78 is 26.2. The summed E-state index contributed by atoms with van der Waals surface area (Å²) in [7, 11) is -2.08. The van der Waals surface area contributed by atoms with E-state index in [2.05, 4.69) is 10.0 Å². The van der Waals surface area contributed by atoms with E-state index in [1.54, 1.807) is 37.3 Å². The molecule has 0 aromatic heterocycles. The third kappa shape index (κ3) is 3.74. The van der Waals surface area contributed by atoms with Crippen molar-refractivity contribution in [2.24, 2.45) is 0 Å². The molecule has 5 nitrogen and oxygen atoms in total. The van der Waals surface area contributed by atoms with Crippen LogP contribution in [0.1, 0.15) is 11.1 Å². The summed E-state index contributed by atoms with van der Waals surface area (Å²) in [5, 5.41) is 12.6. The van der Waals surface area contributed by atoms with Crippen LogP contribution in [-0.2, 0) is 16.6 Å². The van der Waals surface area contributed by atoms with E-state index in [-0.39, 0.29) is 10.6 Å². The molecule has 0 saturated heterocycles. The first-order valence-electron chi connectivity index (χ1n) is 6.48. The van der Waals surface area contributed by atoms with Gasteiger partial charge in [-0.2, -0.15) is 0 Å². The Balaban J connectivity index is 2.20. The largest absolute Gasteiger partial charge is 0.508 e. The number of phenols is 1. The zero-order valence-corrected chi connectivity index (χ0v) is 12.7. The Labute approximate surface area is 124 Å². The van der Waals surface area contributed by atoms with Gasteiger partial charge in [0.1, 0.15) is 5.75 Å². The normalized spacial score (nSPS) is 11.3. The van der Waals surface area contributed by atoms with Crippen molar-refractivity contribution in [2.45, 2.75) is 18.4 Å². The maximum Gasteiger partial charge on any atom is 0.240 e. The lowest BCUT2D eigenvalue weighted by atomic mass is 10.2. The van der Waals surface area contributed by atoms with Crippen molar-refractivity contribution in [3.63, 3.8) is 0 Å². The number of aryl methyl sites for hydroxylation is 1. The standard InChI is InChI=1S/C15H18N2O3S/c1-11-6-7-13(9-15(11)21(19,20)16-2)17-10-12-4-3-5-14(18)8-12/h3-9,16-18H,10H2,1-2H3. The van der Waals surface area contributed by atoms with Crippen molar-refractivity contribution >= 4 is 15.7 Å². The Bertz CT molecular complexity index is 742. The molecule has 21 heavy (non-hydrogen) atoms. The van der Waals surface area contributed by atoms with Gasteiger partial charge in [0, 0.05) is 12.2 Å². The van der Waals surface area contributed by atoms with Gasteiger partial charge in [-0.3, -0.25) is 0 Å². The van der Waals surface area contributed by atoms with Gasteiger partial charge in [-0.1, -0.05) is 18.2 Å². The molecule has 0 spiro atoms. The minimum atomic E-state index is -3.47. The lowest BCUT2D eigenvalue weighted by Crippen LogP contribution is -2.19. The molecular weight excluding hydrogens is 288 g/mol. The fourth-order valence-corrected chi connectivity index (χ4v) is 2.97. The summed E-state index contributed by atoms with van der Waals surface area (Å²) in [6.07, 6.45) is 0. The third-order valence-electron chi connectivity index (χ3n) is 3.15. The molecule has 0 amide bonds. The molecule has 112 valence electrons. The highest BCUT2D eigenvalue weighted by Gasteiger charge is 2.14. The second-order valence-electron chi connectivity index (χ2n) is 4.71. The number of hydrogen-bond acceptors (Lipinski definition) is 4. The van der Waals surface area contributed by atoms with Crippen LogP contribution in [-0.4, -0.2) is 20.6 Å². The van der Waals surface area contributed by atoms with Gasteiger partial charge in [0.2, 0.25) is 10.0 Å². The minimum Gasteiger partial charge on any atom is -0.508 e. The number of sulfonamides is 1. The molecule has 2 aromatic rings. The first kappa shape index (κ1) is 15.3. The molecule has 0 aliphatic rings. The van der Waals surface area contributed by atoms with Gasteiger partial charge in [-0.25, -0.2) is 13.1 Å². The monoisotopic (exact) mass is 306 g/mol. The predicted octanol–water partition coefficient (Wildman–Crippen LogP) is 2.22. The van der Waals surface area contributed by atoms with Gasteiger partial charge in [0.15, 0.2) is 0 Å². The first-order chi connectivity index (χ1) is 9.92. The van der Waals surface area contributed by atoms with E-state index in [4.69, 9.17) is 0 Å². The lowest BCUT2D eigenvalue weighted by Gasteiger charge is -2.11. The van der Waals surface area contributed by atoms with Crippen molar-refractivity contribution in [3.05, 3.63) is 53.6 Å². The molecule has 0 aliphatic carbocycles.